The van der Waals surface area contributed by atoms with E-state index < -0.39 is 86.8 Å². The van der Waals surface area contributed by atoms with Gasteiger partial charge in [0.15, 0.2) is 12.6 Å². The number of ether oxygens (including phenoxy) is 4. The fourth-order valence-corrected chi connectivity index (χ4v) is 7.09. The Balaban J connectivity index is 1.89. The highest BCUT2D eigenvalue weighted by molar-refractivity contribution is 5.76. The van der Waals surface area contributed by atoms with Crippen molar-refractivity contribution >= 4 is 5.91 Å². The van der Waals surface area contributed by atoms with Gasteiger partial charge in [0, 0.05) is 6.42 Å². The van der Waals surface area contributed by atoms with Crippen LogP contribution in [0.25, 0.3) is 0 Å². The predicted molar refractivity (Wildman–Crippen MR) is 226 cm³/mol. The Morgan fingerprint density at radius 3 is 1.76 bits per heavy atom. The van der Waals surface area contributed by atoms with E-state index in [4.69, 9.17) is 18.9 Å². The lowest BCUT2D eigenvalue weighted by molar-refractivity contribution is -0.359. The number of aliphatic hydroxyl groups is 8. The zero-order chi connectivity index (χ0) is 43.3. The summed E-state index contributed by atoms with van der Waals surface area (Å²) in [7, 11) is 0. The third-order valence-electron chi connectivity index (χ3n) is 10.8. The van der Waals surface area contributed by atoms with Crippen LogP contribution in [0.1, 0.15) is 136 Å². The van der Waals surface area contributed by atoms with E-state index in [0.717, 1.165) is 57.8 Å². The molecule has 2 rings (SSSR count). The van der Waals surface area contributed by atoms with E-state index in [-0.39, 0.29) is 18.9 Å². The van der Waals surface area contributed by atoms with Gasteiger partial charge >= 0.3 is 0 Å². The van der Waals surface area contributed by atoms with Crippen LogP contribution in [0, 0.1) is 0 Å². The highest BCUT2D eigenvalue weighted by Gasteiger charge is 2.50. The second-order valence-electron chi connectivity index (χ2n) is 15.8. The largest absolute Gasteiger partial charge is 0.394 e. The molecule has 0 aromatic heterocycles. The molecule has 0 saturated carbocycles. The van der Waals surface area contributed by atoms with Crippen LogP contribution in [0.3, 0.4) is 0 Å². The molecule has 2 aliphatic rings. The molecule has 14 heteroatoms. The van der Waals surface area contributed by atoms with Crippen LogP contribution >= 0.6 is 0 Å². The molecule has 0 spiro atoms. The number of carbonyl (C=O) groups excluding carboxylic acids is 1. The fourth-order valence-electron chi connectivity index (χ4n) is 7.09. The van der Waals surface area contributed by atoms with Crippen molar-refractivity contribution < 1.29 is 64.6 Å². The van der Waals surface area contributed by atoms with Gasteiger partial charge in [-0.1, -0.05) is 113 Å². The number of hydrogen-bond donors (Lipinski definition) is 9. The average Bonchev–Trinajstić information content (AvgIpc) is 3.23. The molecule has 9 N–H and O–H groups in total. The number of allylic oxidation sites excluding steroid dienone is 7. The summed E-state index contributed by atoms with van der Waals surface area (Å²) in [6.45, 7) is 2.48. The van der Waals surface area contributed by atoms with Gasteiger partial charge in [-0.3, -0.25) is 4.79 Å². The van der Waals surface area contributed by atoms with Gasteiger partial charge in [0.2, 0.25) is 5.91 Å². The molecule has 0 aromatic rings. The first-order chi connectivity index (χ1) is 28.6. The number of unbranched alkanes of at least 4 members (excludes halogenated alkanes) is 14. The molecule has 0 aromatic carbocycles. The topological polar surface area (TPSA) is 228 Å². The first-order valence-corrected chi connectivity index (χ1v) is 22.3. The quantitative estimate of drug-likeness (QED) is 0.0343. The van der Waals surface area contributed by atoms with E-state index in [1.54, 1.807) is 6.08 Å². The molecule has 12 atom stereocenters. The standard InChI is InChI=1S/C45H79NO13/c1-3-5-7-9-11-13-14-15-16-17-18-19-21-23-25-27-29-37(50)46-33(34(49)28-26-24-22-20-12-10-8-6-4-2)32-56-44-42(55)40(53)43(36(31-48)58-44)59-45-41(54)39(52)38(51)35(30-47)57-45/h4,6,12,16-17,20,26,28,33-36,38-45,47-49,51-55H,3,5,7-11,13-15,18-19,21-25,27,29-32H2,1-2H3,(H,46,50)/b6-4+,17-16-,20-12+,28-26+. The molecule has 14 nitrogen and oxygen atoms in total. The van der Waals surface area contributed by atoms with Gasteiger partial charge in [0.05, 0.1) is 32.0 Å². The summed E-state index contributed by atoms with van der Waals surface area (Å²) in [6.07, 6.45) is 19.1. The van der Waals surface area contributed by atoms with Crippen molar-refractivity contribution in [2.24, 2.45) is 0 Å². The minimum atomic E-state index is -1.79. The number of carbonyl (C=O) groups is 1. The number of aliphatic hydroxyl groups excluding tert-OH is 8. The predicted octanol–water partition coefficient (Wildman–Crippen LogP) is 4.15. The number of nitrogens with one attached hydrogen (secondary N) is 1. The highest BCUT2D eigenvalue weighted by atomic mass is 16.7. The average molecular weight is 842 g/mol. The summed E-state index contributed by atoms with van der Waals surface area (Å²) >= 11 is 0. The first-order valence-electron chi connectivity index (χ1n) is 22.3. The van der Waals surface area contributed by atoms with Crippen LogP contribution in [0.5, 0.6) is 0 Å². The van der Waals surface area contributed by atoms with Gasteiger partial charge in [0.25, 0.3) is 0 Å². The summed E-state index contributed by atoms with van der Waals surface area (Å²) in [5.41, 5.74) is 0. The Hall–Kier alpha value is -2.05. The van der Waals surface area contributed by atoms with Crippen molar-refractivity contribution in [2.45, 2.75) is 209 Å². The molecule has 1 amide bonds. The molecule has 12 unspecified atom stereocenters. The van der Waals surface area contributed by atoms with Crippen molar-refractivity contribution in [1.82, 2.24) is 5.32 Å². The Morgan fingerprint density at radius 2 is 1.15 bits per heavy atom. The molecule has 2 fully saturated rings. The SMILES string of the molecule is C/C=C/CC/C=C/CC/C=C/C(O)C(COC1OC(CO)C(OC2OC(CO)C(O)C(O)C2O)C(O)C1O)NC(=O)CCCCCCC/C=C\CCCCCCCCC. The van der Waals surface area contributed by atoms with Crippen LogP contribution in [0.15, 0.2) is 48.6 Å². The monoisotopic (exact) mass is 842 g/mol. The second-order valence-corrected chi connectivity index (χ2v) is 15.8. The summed E-state index contributed by atoms with van der Waals surface area (Å²) in [5, 5.41) is 86.2. The maximum atomic E-state index is 13.1. The highest BCUT2D eigenvalue weighted by Crippen LogP contribution is 2.30. The van der Waals surface area contributed by atoms with Crippen molar-refractivity contribution in [2.75, 3.05) is 19.8 Å². The van der Waals surface area contributed by atoms with Gasteiger partial charge in [-0.05, 0) is 64.7 Å². The summed E-state index contributed by atoms with van der Waals surface area (Å²) in [6, 6.07) is -0.938. The van der Waals surface area contributed by atoms with E-state index >= 15 is 0 Å². The third-order valence-corrected chi connectivity index (χ3v) is 10.8. The van der Waals surface area contributed by atoms with Gasteiger partial charge in [-0.25, -0.2) is 0 Å². The van der Waals surface area contributed by atoms with E-state index in [0.29, 0.717) is 12.8 Å². The van der Waals surface area contributed by atoms with Crippen LogP contribution in [-0.4, -0.2) is 140 Å². The van der Waals surface area contributed by atoms with Gasteiger partial charge in [0.1, 0.15) is 48.8 Å². The number of rotatable bonds is 32. The zero-order valence-corrected chi connectivity index (χ0v) is 35.7. The van der Waals surface area contributed by atoms with E-state index in [2.05, 4.69) is 42.6 Å². The van der Waals surface area contributed by atoms with E-state index in [1.165, 1.54) is 44.9 Å². The molecule has 0 radical (unpaired) electrons. The summed E-state index contributed by atoms with van der Waals surface area (Å²) in [5.74, 6) is -0.269. The van der Waals surface area contributed by atoms with Crippen molar-refractivity contribution in [1.29, 1.82) is 0 Å². The van der Waals surface area contributed by atoms with Crippen molar-refractivity contribution in [3.05, 3.63) is 48.6 Å². The Morgan fingerprint density at radius 1 is 0.627 bits per heavy atom. The minimum Gasteiger partial charge on any atom is -0.394 e. The maximum absolute atomic E-state index is 13.1. The fraction of sp³-hybridized carbons (Fsp3) is 0.800. The van der Waals surface area contributed by atoms with Crippen molar-refractivity contribution in [3.63, 3.8) is 0 Å². The molecule has 0 aliphatic carbocycles. The smallest absolute Gasteiger partial charge is 0.220 e. The molecular weight excluding hydrogens is 762 g/mol. The molecule has 2 saturated heterocycles. The maximum Gasteiger partial charge on any atom is 0.220 e. The van der Waals surface area contributed by atoms with E-state index in [1.807, 2.05) is 19.1 Å². The molecule has 0 bridgehead atoms. The van der Waals surface area contributed by atoms with Crippen LogP contribution in [0.4, 0.5) is 0 Å². The summed E-state index contributed by atoms with van der Waals surface area (Å²) < 4.78 is 22.5. The number of hydrogen-bond acceptors (Lipinski definition) is 13. The lowest BCUT2D eigenvalue weighted by atomic mass is 9.97. The number of amides is 1. The summed E-state index contributed by atoms with van der Waals surface area (Å²) in [4.78, 5) is 13.1. The van der Waals surface area contributed by atoms with E-state index in [9.17, 15) is 45.6 Å². The zero-order valence-electron chi connectivity index (χ0n) is 35.7. The molecule has 2 aliphatic heterocycles. The normalized spacial score (nSPS) is 29.0. The minimum absolute atomic E-state index is 0.258. The Labute approximate surface area is 353 Å². The Bertz CT molecular complexity index is 1180. The van der Waals surface area contributed by atoms with Gasteiger partial charge in [-0.15, -0.1) is 0 Å². The first kappa shape index (κ1) is 53.1. The lowest BCUT2D eigenvalue weighted by Crippen LogP contribution is -2.65. The van der Waals surface area contributed by atoms with Gasteiger partial charge < -0.3 is 65.1 Å². The lowest BCUT2D eigenvalue weighted by Gasteiger charge is -2.46. The van der Waals surface area contributed by atoms with Gasteiger partial charge in [-0.2, -0.15) is 0 Å². The molecule has 2 heterocycles. The third kappa shape index (κ3) is 21.1. The van der Waals surface area contributed by atoms with Crippen molar-refractivity contribution in [3.8, 4) is 0 Å². The molecular formula is C45H79NO13. The van der Waals surface area contributed by atoms with Crippen LogP contribution in [-0.2, 0) is 23.7 Å². The van der Waals surface area contributed by atoms with Crippen LogP contribution < -0.4 is 5.32 Å². The van der Waals surface area contributed by atoms with Crippen LogP contribution in [0.2, 0.25) is 0 Å². The molecule has 342 valence electrons. The molecule has 59 heavy (non-hydrogen) atoms. The Kier molecular flexibility index (Phi) is 29.4. The second kappa shape index (κ2) is 32.6.